The summed E-state index contributed by atoms with van der Waals surface area (Å²) in [5.41, 5.74) is 1.68. The zero-order chi connectivity index (χ0) is 20.8. The number of nitrogens with zero attached hydrogens (tertiary/aromatic N) is 2. The summed E-state index contributed by atoms with van der Waals surface area (Å²) in [7, 11) is 0. The number of amides is 1. The minimum absolute atomic E-state index is 0.0226. The first-order valence-electron chi connectivity index (χ1n) is 7.48. The van der Waals surface area contributed by atoms with Crippen molar-refractivity contribution in [1.29, 1.82) is 0 Å². The summed E-state index contributed by atoms with van der Waals surface area (Å²) >= 11 is 0.0226. The van der Waals surface area contributed by atoms with Gasteiger partial charge in [-0.2, -0.15) is 13.2 Å². The van der Waals surface area contributed by atoms with Gasteiger partial charge < -0.3 is 5.73 Å². The Balaban J connectivity index is 2.15. The number of fused-ring (bicyclic) bond motifs is 1. The van der Waals surface area contributed by atoms with Crippen LogP contribution >= 0.6 is 11.3 Å². The standard InChI is InChI=1S/C16H9F6N3O2S/c17-10-6(2-1-3-8(10)13(18)19)4-7-5-9(26)25-11(14(23)27)12(16(20,21)22)28-15(25)24-7/h1-3,5,13H,4H2,(H2,23,27). The van der Waals surface area contributed by atoms with E-state index in [0.717, 1.165) is 12.1 Å². The first-order chi connectivity index (χ1) is 13.0. The van der Waals surface area contributed by atoms with Crippen molar-refractivity contribution < 1.29 is 31.1 Å². The third-order valence-corrected chi connectivity index (χ3v) is 4.86. The number of alkyl halides is 5. The van der Waals surface area contributed by atoms with E-state index in [2.05, 4.69) is 4.98 Å². The van der Waals surface area contributed by atoms with E-state index >= 15 is 0 Å². The predicted octanol–water partition coefficient (Wildman–Crippen LogP) is 3.54. The lowest BCUT2D eigenvalue weighted by molar-refractivity contribution is -0.134. The van der Waals surface area contributed by atoms with Crippen LogP contribution in [0.15, 0.2) is 29.1 Å². The SMILES string of the molecule is NC(=O)c1c(C(F)(F)F)sc2nc(Cc3cccc(C(F)F)c3F)cc(=O)n12. The normalized spacial score (nSPS) is 12.1. The molecule has 0 spiro atoms. The van der Waals surface area contributed by atoms with Crippen molar-refractivity contribution in [2.75, 3.05) is 0 Å². The number of primary amides is 1. The van der Waals surface area contributed by atoms with Gasteiger partial charge in [-0.05, 0) is 5.56 Å². The van der Waals surface area contributed by atoms with Gasteiger partial charge in [0, 0.05) is 12.5 Å². The Kier molecular flexibility index (Phi) is 4.91. The van der Waals surface area contributed by atoms with Gasteiger partial charge in [0.05, 0.1) is 11.3 Å². The molecule has 0 bridgehead atoms. The van der Waals surface area contributed by atoms with Crippen LogP contribution in [0.4, 0.5) is 26.3 Å². The number of halogens is 6. The van der Waals surface area contributed by atoms with Crippen molar-refractivity contribution in [1.82, 2.24) is 9.38 Å². The van der Waals surface area contributed by atoms with E-state index in [1.54, 1.807) is 0 Å². The lowest BCUT2D eigenvalue weighted by Crippen LogP contribution is -2.25. The molecule has 148 valence electrons. The van der Waals surface area contributed by atoms with Crippen LogP contribution in [0.2, 0.25) is 0 Å². The molecule has 0 aliphatic heterocycles. The molecule has 2 heterocycles. The van der Waals surface area contributed by atoms with Gasteiger partial charge >= 0.3 is 6.18 Å². The minimum atomic E-state index is -4.95. The summed E-state index contributed by atoms with van der Waals surface area (Å²) < 4.78 is 79.6. The number of thiazole rings is 1. The molecule has 28 heavy (non-hydrogen) atoms. The Morgan fingerprint density at radius 1 is 1.29 bits per heavy atom. The molecule has 2 aromatic heterocycles. The lowest BCUT2D eigenvalue weighted by atomic mass is 10.1. The molecule has 0 unspecified atom stereocenters. The summed E-state index contributed by atoms with van der Waals surface area (Å²) in [4.78, 5) is 25.7. The maximum absolute atomic E-state index is 14.2. The first kappa shape index (κ1) is 19.9. The van der Waals surface area contributed by atoms with E-state index in [1.807, 2.05) is 0 Å². The van der Waals surface area contributed by atoms with E-state index in [1.165, 1.54) is 12.1 Å². The van der Waals surface area contributed by atoms with Gasteiger partial charge in [-0.1, -0.05) is 29.5 Å². The fourth-order valence-corrected chi connectivity index (χ4v) is 3.65. The van der Waals surface area contributed by atoms with Crippen molar-refractivity contribution in [2.45, 2.75) is 19.0 Å². The Morgan fingerprint density at radius 3 is 2.54 bits per heavy atom. The molecule has 0 radical (unpaired) electrons. The number of nitrogens with two attached hydrogens (primary N) is 1. The number of hydrogen-bond acceptors (Lipinski definition) is 4. The van der Waals surface area contributed by atoms with Crippen LogP contribution < -0.4 is 11.3 Å². The lowest BCUT2D eigenvalue weighted by Gasteiger charge is -2.08. The van der Waals surface area contributed by atoms with Crippen LogP contribution in [0, 0.1) is 5.82 Å². The fourth-order valence-electron chi connectivity index (χ4n) is 2.63. The summed E-state index contributed by atoms with van der Waals surface area (Å²) in [6.45, 7) is 0. The third kappa shape index (κ3) is 3.46. The highest BCUT2D eigenvalue weighted by molar-refractivity contribution is 7.17. The fraction of sp³-hybridized carbons (Fsp3) is 0.188. The maximum atomic E-state index is 14.2. The second-order valence-corrected chi connectivity index (χ2v) is 6.62. The van der Waals surface area contributed by atoms with E-state index in [4.69, 9.17) is 5.73 Å². The molecule has 3 rings (SSSR count). The molecule has 0 fully saturated rings. The highest BCUT2D eigenvalue weighted by atomic mass is 32.1. The summed E-state index contributed by atoms with van der Waals surface area (Å²) in [5, 5.41) is 0. The molecule has 0 saturated carbocycles. The van der Waals surface area contributed by atoms with Crippen molar-refractivity contribution in [3.8, 4) is 0 Å². The second kappa shape index (κ2) is 6.93. The van der Waals surface area contributed by atoms with Crippen LogP contribution in [0.5, 0.6) is 0 Å². The molecule has 0 aliphatic rings. The Bertz CT molecular complexity index is 1140. The van der Waals surface area contributed by atoms with Gasteiger partial charge in [-0.3, -0.25) is 9.59 Å². The highest BCUT2D eigenvalue weighted by Crippen LogP contribution is 2.37. The number of rotatable bonds is 4. The molecule has 5 nitrogen and oxygen atoms in total. The number of carbonyl (C=O) groups excluding carboxylic acids is 1. The van der Waals surface area contributed by atoms with Crippen LogP contribution in [0.3, 0.4) is 0 Å². The Labute approximate surface area is 156 Å². The molecule has 0 aliphatic carbocycles. The van der Waals surface area contributed by atoms with Gasteiger partial charge in [-0.25, -0.2) is 22.6 Å². The molecule has 3 aromatic rings. The first-order valence-corrected chi connectivity index (χ1v) is 8.30. The number of carbonyl (C=O) groups is 1. The quantitative estimate of drug-likeness (QED) is 0.655. The number of benzene rings is 1. The third-order valence-electron chi connectivity index (χ3n) is 3.78. The van der Waals surface area contributed by atoms with Crippen molar-refractivity contribution in [3.63, 3.8) is 0 Å². The average Bonchev–Trinajstić information content (AvgIpc) is 2.97. The summed E-state index contributed by atoms with van der Waals surface area (Å²) in [5.74, 6) is -2.66. The molecule has 0 atom stereocenters. The molecule has 12 heteroatoms. The van der Waals surface area contributed by atoms with Gasteiger partial charge in [0.15, 0.2) is 4.96 Å². The zero-order valence-corrected chi connectivity index (χ0v) is 14.4. The maximum Gasteiger partial charge on any atom is 0.427 e. The second-order valence-electron chi connectivity index (χ2n) is 5.64. The largest absolute Gasteiger partial charge is 0.427 e. The van der Waals surface area contributed by atoms with Crippen LogP contribution in [-0.4, -0.2) is 15.3 Å². The molecule has 0 saturated heterocycles. The molecule has 1 aromatic carbocycles. The van der Waals surface area contributed by atoms with Crippen LogP contribution in [0.1, 0.15) is 38.6 Å². The van der Waals surface area contributed by atoms with Crippen LogP contribution in [-0.2, 0) is 12.6 Å². The van der Waals surface area contributed by atoms with E-state index < -0.39 is 57.4 Å². The number of aromatic nitrogens is 2. The van der Waals surface area contributed by atoms with Crippen molar-refractivity contribution in [2.24, 2.45) is 5.73 Å². The molecule has 2 N–H and O–H groups in total. The van der Waals surface area contributed by atoms with Crippen molar-refractivity contribution >= 4 is 22.2 Å². The summed E-state index contributed by atoms with van der Waals surface area (Å²) in [6.07, 6.45) is -8.43. The molecular weight excluding hydrogens is 412 g/mol. The van der Waals surface area contributed by atoms with E-state index in [0.29, 0.717) is 4.40 Å². The van der Waals surface area contributed by atoms with E-state index in [-0.39, 0.29) is 22.6 Å². The van der Waals surface area contributed by atoms with Crippen molar-refractivity contribution in [3.05, 3.63) is 67.8 Å². The minimum Gasteiger partial charge on any atom is -0.364 e. The van der Waals surface area contributed by atoms with E-state index in [9.17, 15) is 35.9 Å². The molecule has 1 amide bonds. The highest BCUT2D eigenvalue weighted by Gasteiger charge is 2.39. The predicted molar refractivity (Wildman–Crippen MR) is 87.0 cm³/mol. The zero-order valence-electron chi connectivity index (χ0n) is 13.6. The monoisotopic (exact) mass is 421 g/mol. The molecular formula is C16H9F6N3O2S. The summed E-state index contributed by atoms with van der Waals surface area (Å²) in [6, 6.07) is 4.06. The Morgan fingerprint density at radius 2 is 1.96 bits per heavy atom. The van der Waals surface area contributed by atoms with Gasteiger partial charge in [-0.15, -0.1) is 0 Å². The van der Waals surface area contributed by atoms with Gasteiger partial charge in [0.1, 0.15) is 16.4 Å². The van der Waals surface area contributed by atoms with Gasteiger partial charge in [0.2, 0.25) is 0 Å². The average molecular weight is 421 g/mol. The Hall–Kier alpha value is -2.89. The van der Waals surface area contributed by atoms with Crippen LogP contribution in [0.25, 0.3) is 4.96 Å². The number of hydrogen-bond donors (Lipinski definition) is 1. The smallest absolute Gasteiger partial charge is 0.364 e. The van der Waals surface area contributed by atoms with Gasteiger partial charge in [0.25, 0.3) is 17.9 Å². The topological polar surface area (TPSA) is 77.5 Å².